The number of para-hydroxylation sites is 2. The highest BCUT2D eigenvalue weighted by Crippen LogP contribution is 2.54. The zero-order valence-electron chi connectivity index (χ0n) is 20.7. The SMILES string of the molecule is [C-]#[N+]c1cccc([N+]#[C-])c1-c1c2oc3ccccc3c2c(-c2c(C#N)cccc2C#N)c2oc3ccccc3c12. The second kappa shape index (κ2) is 8.61. The number of hydrogen-bond donors (Lipinski definition) is 0. The molecule has 0 N–H and O–H groups in total. The average Bonchev–Trinajstić information content (AvgIpc) is 3.58. The number of furan rings is 2. The summed E-state index contributed by atoms with van der Waals surface area (Å²) in [5, 5.41) is 23.1. The number of benzene rings is 5. The first-order valence-corrected chi connectivity index (χ1v) is 12.3. The third kappa shape index (κ3) is 3.00. The largest absolute Gasteiger partial charge is 0.455 e. The van der Waals surface area contributed by atoms with Gasteiger partial charge in [-0.15, -0.1) is 0 Å². The summed E-state index contributed by atoms with van der Waals surface area (Å²) in [4.78, 5) is 7.54. The minimum absolute atomic E-state index is 0.310. The fourth-order valence-corrected chi connectivity index (χ4v) is 5.62. The molecule has 0 atom stereocenters. The quantitative estimate of drug-likeness (QED) is 0.217. The van der Waals surface area contributed by atoms with Gasteiger partial charge in [0.1, 0.15) is 22.3 Å². The van der Waals surface area contributed by atoms with E-state index in [-0.39, 0.29) is 0 Å². The zero-order chi connectivity index (χ0) is 27.4. The van der Waals surface area contributed by atoms with Gasteiger partial charge in [0, 0.05) is 38.2 Å². The standard InChI is InChI=1S/C34H14N4O2/c1-37-23-13-8-14-24(38-2)30(23)32-29-22-12-4-6-16-26(22)39-33(29)31(27-19(17-35)9-7-10-20(27)18-36)28-21-11-3-5-15-25(21)40-34(28)32/h3-16H. The van der Waals surface area contributed by atoms with Gasteiger partial charge in [0.25, 0.3) is 0 Å². The van der Waals surface area contributed by atoms with Crippen LogP contribution in [0.25, 0.3) is 75.8 Å². The van der Waals surface area contributed by atoms with Crippen molar-refractivity contribution in [3.63, 3.8) is 0 Å². The molecule has 0 radical (unpaired) electrons. The second-order valence-corrected chi connectivity index (χ2v) is 9.20. The summed E-state index contributed by atoms with van der Waals surface area (Å²) in [5.74, 6) is 0. The Hall–Kier alpha value is -6.34. The topological polar surface area (TPSA) is 82.6 Å². The van der Waals surface area contributed by atoms with Gasteiger partial charge < -0.3 is 8.83 Å². The van der Waals surface area contributed by atoms with Gasteiger partial charge in [-0.25, -0.2) is 9.69 Å². The lowest BCUT2D eigenvalue weighted by atomic mass is 9.86. The highest BCUT2D eigenvalue weighted by Gasteiger charge is 2.30. The van der Waals surface area contributed by atoms with E-state index in [1.807, 2.05) is 48.5 Å². The average molecular weight is 511 g/mol. The monoisotopic (exact) mass is 510 g/mol. The van der Waals surface area contributed by atoms with Gasteiger partial charge in [-0.1, -0.05) is 60.7 Å². The van der Waals surface area contributed by atoms with Crippen LogP contribution in [0, 0.1) is 35.8 Å². The van der Waals surface area contributed by atoms with Crippen molar-refractivity contribution in [3.8, 4) is 34.4 Å². The van der Waals surface area contributed by atoms with Crippen LogP contribution in [0.15, 0.2) is 93.8 Å². The van der Waals surface area contributed by atoms with Gasteiger partial charge in [0.05, 0.1) is 36.4 Å². The van der Waals surface area contributed by atoms with Gasteiger partial charge in [0.2, 0.25) is 0 Å². The molecule has 182 valence electrons. The van der Waals surface area contributed by atoms with Crippen molar-refractivity contribution < 1.29 is 8.83 Å². The third-order valence-corrected chi connectivity index (χ3v) is 7.21. The second-order valence-electron chi connectivity index (χ2n) is 9.20. The maximum atomic E-state index is 10.1. The Labute approximate surface area is 227 Å². The molecule has 6 nitrogen and oxygen atoms in total. The molecule has 0 saturated heterocycles. The van der Waals surface area contributed by atoms with Crippen LogP contribution in [-0.4, -0.2) is 0 Å². The van der Waals surface area contributed by atoms with E-state index in [4.69, 9.17) is 22.0 Å². The lowest BCUT2D eigenvalue weighted by Crippen LogP contribution is -1.93. The number of nitrogens with zero attached hydrogens (tertiary/aromatic N) is 4. The first-order valence-electron chi connectivity index (χ1n) is 12.3. The van der Waals surface area contributed by atoms with Gasteiger partial charge in [0.15, 0.2) is 11.4 Å². The smallest absolute Gasteiger partial charge is 0.184 e. The molecule has 7 aromatic rings. The predicted molar refractivity (Wildman–Crippen MR) is 154 cm³/mol. The van der Waals surface area contributed by atoms with E-state index in [0.29, 0.717) is 77.9 Å². The number of fused-ring (bicyclic) bond motifs is 6. The van der Waals surface area contributed by atoms with Crippen LogP contribution in [0.1, 0.15) is 11.1 Å². The van der Waals surface area contributed by atoms with E-state index >= 15 is 0 Å². The Morgan fingerprint density at radius 2 is 0.975 bits per heavy atom. The van der Waals surface area contributed by atoms with Crippen LogP contribution in [0.2, 0.25) is 0 Å². The van der Waals surface area contributed by atoms with Gasteiger partial charge in [-0.3, -0.25) is 0 Å². The molecule has 0 spiro atoms. The molecule has 0 aliphatic heterocycles. The molecule has 5 aromatic carbocycles. The van der Waals surface area contributed by atoms with Crippen LogP contribution in [0.5, 0.6) is 0 Å². The molecule has 0 aliphatic carbocycles. The number of hydrogen-bond acceptors (Lipinski definition) is 4. The van der Waals surface area contributed by atoms with Crippen molar-refractivity contribution in [3.05, 3.63) is 119 Å². The van der Waals surface area contributed by atoms with Crippen molar-refractivity contribution in [1.29, 1.82) is 10.5 Å². The van der Waals surface area contributed by atoms with Gasteiger partial charge in [-0.05, 0) is 29.8 Å². The van der Waals surface area contributed by atoms with E-state index in [9.17, 15) is 10.5 Å². The predicted octanol–water partition coefficient (Wildman–Crippen LogP) is 9.66. The molecule has 0 saturated carbocycles. The van der Waals surface area contributed by atoms with E-state index in [0.717, 1.165) is 10.8 Å². The lowest BCUT2D eigenvalue weighted by molar-refractivity contribution is 0.665. The molecule has 7 rings (SSSR count). The van der Waals surface area contributed by atoms with Crippen LogP contribution >= 0.6 is 0 Å². The first-order chi connectivity index (χ1) is 19.7. The lowest BCUT2D eigenvalue weighted by Gasteiger charge is -2.15. The Morgan fingerprint density at radius 1 is 0.525 bits per heavy atom. The van der Waals surface area contributed by atoms with Crippen molar-refractivity contribution in [2.45, 2.75) is 0 Å². The summed E-state index contributed by atoms with van der Waals surface area (Å²) >= 11 is 0. The Bertz CT molecular complexity index is 2150. The van der Waals surface area contributed by atoms with E-state index in [1.54, 1.807) is 36.4 Å². The normalized spacial score (nSPS) is 10.9. The molecule has 0 bridgehead atoms. The fraction of sp³-hybridized carbons (Fsp3) is 0. The Morgan fingerprint density at radius 3 is 1.45 bits per heavy atom. The molecule has 2 aromatic heterocycles. The van der Waals surface area contributed by atoms with E-state index in [2.05, 4.69) is 21.8 Å². The molecule has 6 heteroatoms. The molecule has 0 unspecified atom stereocenters. The highest BCUT2D eigenvalue weighted by molar-refractivity contribution is 6.31. The van der Waals surface area contributed by atoms with Crippen LogP contribution in [0.3, 0.4) is 0 Å². The summed E-state index contributed by atoms with van der Waals surface area (Å²) in [6.45, 7) is 15.9. The van der Waals surface area contributed by atoms with E-state index < -0.39 is 0 Å². The summed E-state index contributed by atoms with van der Waals surface area (Å²) < 4.78 is 13.1. The summed E-state index contributed by atoms with van der Waals surface area (Å²) in [5.41, 5.74) is 5.38. The maximum Gasteiger partial charge on any atom is 0.184 e. The first kappa shape index (κ1) is 22.8. The zero-order valence-corrected chi connectivity index (χ0v) is 20.7. The van der Waals surface area contributed by atoms with Crippen molar-refractivity contribution in [2.75, 3.05) is 0 Å². The molecular formula is C34H14N4O2. The molecule has 2 heterocycles. The molecule has 0 fully saturated rings. The van der Waals surface area contributed by atoms with Crippen LogP contribution in [-0.2, 0) is 0 Å². The molecular weight excluding hydrogens is 496 g/mol. The van der Waals surface area contributed by atoms with Crippen LogP contribution in [0.4, 0.5) is 11.4 Å². The third-order valence-electron chi connectivity index (χ3n) is 7.21. The van der Waals surface area contributed by atoms with Gasteiger partial charge in [-0.2, -0.15) is 10.5 Å². The van der Waals surface area contributed by atoms with Gasteiger partial charge >= 0.3 is 0 Å². The Kier molecular flexibility index (Phi) is 4.91. The van der Waals surface area contributed by atoms with Crippen LogP contribution < -0.4 is 0 Å². The summed E-state index contributed by atoms with van der Waals surface area (Å²) in [7, 11) is 0. The molecule has 0 amide bonds. The fourth-order valence-electron chi connectivity index (χ4n) is 5.62. The minimum atomic E-state index is 0.310. The summed E-state index contributed by atoms with van der Waals surface area (Å²) in [6.07, 6.45) is 0. The number of nitriles is 2. The van der Waals surface area contributed by atoms with E-state index in [1.165, 1.54) is 0 Å². The Balaban J connectivity index is 1.88. The van der Waals surface area contributed by atoms with Crippen molar-refractivity contribution in [1.82, 2.24) is 0 Å². The molecule has 0 aliphatic rings. The van der Waals surface area contributed by atoms with Crippen molar-refractivity contribution >= 4 is 55.3 Å². The van der Waals surface area contributed by atoms with Crippen molar-refractivity contribution in [2.24, 2.45) is 0 Å². The highest BCUT2D eigenvalue weighted by atomic mass is 16.3. The maximum absolute atomic E-state index is 10.1. The summed E-state index contributed by atoms with van der Waals surface area (Å²) in [6, 6.07) is 29.7. The minimum Gasteiger partial charge on any atom is -0.455 e. The number of rotatable bonds is 2. The molecule has 40 heavy (non-hydrogen) atoms.